The van der Waals surface area contributed by atoms with E-state index in [-0.39, 0.29) is 5.78 Å². The molecule has 0 fully saturated rings. The van der Waals surface area contributed by atoms with Gasteiger partial charge in [-0.1, -0.05) is 78.3 Å². The third-order valence-electron chi connectivity index (χ3n) is 3.52. The lowest BCUT2D eigenvalue weighted by Gasteiger charge is -2.05. The maximum atomic E-state index is 12.4. The summed E-state index contributed by atoms with van der Waals surface area (Å²) < 4.78 is 0. The Labute approximate surface area is 140 Å². The van der Waals surface area contributed by atoms with Gasteiger partial charge in [0.1, 0.15) is 0 Å². The molecular weight excluding hydrogens is 304 g/mol. The number of allylic oxidation sites excluding steroid dienone is 1. The summed E-state index contributed by atoms with van der Waals surface area (Å²) in [5.74, 6) is -0.0615. The van der Waals surface area contributed by atoms with Crippen LogP contribution >= 0.6 is 11.6 Å². The molecule has 0 heterocycles. The van der Waals surface area contributed by atoms with Crippen molar-refractivity contribution in [2.75, 3.05) is 0 Å². The van der Waals surface area contributed by atoms with Gasteiger partial charge in [0.25, 0.3) is 0 Å². The van der Waals surface area contributed by atoms with Crippen molar-refractivity contribution in [2.24, 2.45) is 0 Å². The maximum Gasteiger partial charge on any atom is 0.185 e. The highest BCUT2D eigenvalue weighted by atomic mass is 35.5. The van der Waals surface area contributed by atoms with Crippen molar-refractivity contribution in [3.8, 4) is 11.1 Å². The first-order chi connectivity index (χ1) is 11.2. The van der Waals surface area contributed by atoms with Crippen molar-refractivity contribution >= 4 is 23.5 Å². The van der Waals surface area contributed by atoms with Gasteiger partial charge in [0.15, 0.2) is 5.78 Å². The van der Waals surface area contributed by atoms with E-state index in [9.17, 15) is 4.79 Å². The van der Waals surface area contributed by atoms with E-state index in [1.54, 1.807) is 12.1 Å². The molecule has 0 saturated carbocycles. The highest BCUT2D eigenvalue weighted by molar-refractivity contribution is 6.31. The molecule has 112 valence electrons. The van der Waals surface area contributed by atoms with E-state index in [2.05, 4.69) is 0 Å². The number of ketones is 1. The van der Waals surface area contributed by atoms with Crippen LogP contribution in [-0.4, -0.2) is 5.78 Å². The molecule has 0 aliphatic carbocycles. The molecule has 0 spiro atoms. The Kier molecular flexibility index (Phi) is 4.70. The molecule has 0 aliphatic rings. The summed E-state index contributed by atoms with van der Waals surface area (Å²) in [4.78, 5) is 12.4. The Balaban J connectivity index is 1.89. The fraction of sp³-hybridized carbons (Fsp3) is 0. The lowest BCUT2D eigenvalue weighted by Crippen LogP contribution is -1.95. The molecule has 3 rings (SSSR count). The minimum atomic E-state index is -0.0615. The second-order valence-corrected chi connectivity index (χ2v) is 5.64. The molecule has 3 aromatic carbocycles. The molecular formula is C21H15ClO. The van der Waals surface area contributed by atoms with Gasteiger partial charge in [-0.2, -0.15) is 0 Å². The zero-order valence-corrected chi connectivity index (χ0v) is 13.2. The number of rotatable bonds is 4. The van der Waals surface area contributed by atoms with Gasteiger partial charge >= 0.3 is 0 Å². The average molecular weight is 319 g/mol. The highest BCUT2D eigenvalue weighted by Gasteiger charge is 2.07. The number of hydrogen-bond acceptors (Lipinski definition) is 1. The topological polar surface area (TPSA) is 17.1 Å². The van der Waals surface area contributed by atoms with Crippen LogP contribution < -0.4 is 0 Å². The summed E-state index contributed by atoms with van der Waals surface area (Å²) in [5, 5.41) is 0.558. The van der Waals surface area contributed by atoms with E-state index in [1.165, 1.54) is 0 Å². The fourth-order valence-corrected chi connectivity index (χ4v) is 2.60. The van der Waals surface area contributed by atoms with E-state index < -0.39 is 0 Å². The van der Waals surface area contributed by atoms with E-state index in [0.717, 1.165) is 16.7 Å². The van der Waals surface area contributed by atoms with E-state index in [0.29, 0.717) is 10.6 Å². The Morgan fingerprint density at radius 3 is 2.13 bits per heavy atom. The molecule has 23 heavy (non-hydrogen) atoms. The van der Waals surface area contributed by atoms with Crippen LogP contribution in [0.4, 0.5) is 0 Å². The minimum absolute atomic E-state index is 0.0615. The van der Waals surface area contributed by atoms with Gasteiger partial charge in [-0.25, -0.2) is 0 Å². The number of carbonyl (C=O) groups excluding carboxylic acids is 1. The van der Waals surface area contributed by atoms with Crippen LogP contribution in [0, 0.1) is 0 Å². The number of hydrogen-bond donors (Lipinski definition) is 0. The molecule has 1 nitrogen and oxygen atoms in total. The minimum Gasteiger partial charge on any atom is -0.289 e. The van der Waals surface area contributed by atoms with Crippen LogP contribution in [0.1, 0.15) is 15.9 Å². The molecule has 0 N–H and O–H groups in total. The Morgan fingerprint density at radius 1 is 0.783 bits per heavy atom. The normalized spacial score (nSPS) is 10.8. The molecule has 0 bridgehead atoms. The first-order valence-corrected chi connectivity index (χ1v) is 7.74. The molecule has 0 unspecified atom stereocenters. The third kappa shape index (κ3) is 3.97. The summed E-state index contributed by atoms with van der Waals surface area (Å²) in [6.07, 6.45) is 3.39. The van der Waals surface area contributed by atoms with Crippen molar-refractivity contribution in [1.82, 2.24) is 0 Å². The smallest absolute Gasteiger partial charge is 0.185 e. The monoisotopic (exact) mass is 318 g/mol. The van der Waals surface area contributed by atoms with Crippen LogP contribution in [0.3, 0.4) is 0 Å². The first-order valence-electron chi connectivity index (χ1n) is 7.36. The average Bonchev–Trinajstić information content (AvgIpc) is 2.61. The molecule has 0 atom stereocenters. The van der Waals surface area contributed by atoms with Gasteiger partial charge in [-0.05, 0) is 41.0 Å². The van der Waals surface area contributed by atoms with Crippen LogP contribution in [-0.2, 0) is 0 Å². The summed E-state index contributed by atoms with van der Waals surface area (Å²) in [6.45, 7) is 0. The van der Waals surface area contributed by atoms with Crippen molar-refractivity contribution in [3.63, 3.8) is 0 Å². The predicted molar refractivity (Wildman–Crippen MR) is 96.7 cm³/mol. The van der Waals surface area contributed by atoms with Gasteiger partial charge in [-0.3, -0.25) is 4.79 Å². The zero-order valence-electron chi connectivity index (χ0n) is 12.4. The molecule has 3 aromatic rings. The maximum absolute atomic E-state index is 12.4. The molecule has 0 radical (unpaired) electrons. The Hall–Kier alpha value is -2.64. The molecule has 0 aliphatic heterocycles. The lowest BCUT2D eigenvalue weighted by atomic mass is 10.0. The van der Waals surface area contributed by atoms with Crippen molar-refractivity contribution < 1.29 is 4.79 Å². The fourth-order valence-electron chi connectivity index (χ4n) is 2.36. The van der Waals surface area contributed by atoms with Crippen molar-refractivity contribution in [2.45, 2.75) is 0 Å². The SMILES string of the molecule is O=C(C=Cc1ccccc1)c1cc(Cl)cc(-c2ccccc2)c1. The van der Waals surface area contributed by atoms with Crippen LogP contribution in [0.2, 0.25) is 5.02 Å². The summed E-state index contributed by atoms with van der Waals surface area (Å²) in [6, 6.07) is 25.1. The molecule has 0 saturated heterocycles. The third-order valence-corrected chi connectivity index (χ3v) is 3.73. The summed E-state index contributed by atoms with van der Waals surface area (Å²) in [5.41, 5.74) is 3.56. The number of benzene rings is 3. The second kappa shape index (κ2) is 7.08. The van der Waals surface area contributed by atoms with Crippen molar-refractivity contribution in [3.05, 3.63) is 101 Å². The van der Waals surface area contributed by atoms with Crippen LogP contribution in [0.5, 0.6) is 0 Å². The Morgan fingerprint density at radius 2 is 1.43 bits per heavy atom. The van der Waals surface area contributed by atoms with Gasteiger partial charge < -0.3 is 0 Å². The van der Waals surface area contributed by atoms with Crippen LogP contribution in [0.15, 0.2) is 84.9 Å². The van der Waals surface area contributed by atoms with Crippen molar-refractivity contribution in [1.29, 1.82) is 0 Å². The van der Waals surface area contributed by atoms with Gasteiger partial charge in [-0.15, -0.1) is 0 Å². The molecule has 0 amide bonds. The quantitative estimate of drug-likeness (QED) is 0.432. The van der Waals surface area contributed by atoms with Gasteiger partial charge in [0.2, 0.25) is 0 Å². The number of halogens is 1. The summed E-state index contributed by atoms with van der Waals surface area (Å²) in [7, 11) is 0. The Bertz CT molecular complexity index is 836. The summed E-state index contributed by atoms with van der Waals surface area (Å²) >= 11 is 6.18. The highest BCUT2D eigenvalue weighted by Crippen LogP contribution is 2.25. The van der Waals surface area contributed by atoms with Gasteiger partial charge in [0, 0.05) is 10.6 Å². The zero-order chi connectivity index (χ0) is 16.1. The standard InChI is InChI=1S/C21H15ClO/c22-20-14-18(17-9-5-2-6-10-17)13-19(15-20)21(23)12-11-16-7-3-1-4-8-16/h1-15H. The number of carbonyl (C=O) groups is 1. The van der Waals surface area contributed by atoms with E-state index in [1.807, 2.05) is 78.9 Å². The molecule has 0 aromatic heterocycles. The largest absolute Gasteiger partial charge is 0.289 e. The van der Waals surface area contributed by atoms with Gasteiger partial charge in [0.05, 0.1) is 0 Å². The second-order valence-electron chi connectivity index (χ2n) is 5.20. The predicted octanol–water partition coefficient (Wildman–Crippen LogP) is 5.90. The lowest BCUT2D eigenvalue weighted by molar-refractivity contribution is 0.104. The first kappa shape index (κ1) is 15.3. The molecule has 2 heteroatoms. The van der Waals surface area contributed by atoms with E-state index in [4.69, 9.17) is 11.6 Å². The van der Waals surface area contributed by atoms with Crippen LogP contribution in [0.25, 0.3) is 17.2 Å². The van der Waals surface area contributed by atoms with E-state index >= 15 is 0 Å².